The lowest BCUT2D eigenvalue weighted by atomic mass is 10.0. The van der Waals surface area contributed by atoms with Crippen LogP contribution in [0.5, 0.6) is 5.75 Å². The van der Waals surface area contributed by atoms with Crippen LogP contribution in [0, 0.1) is 0 Å². The van der Waals surface area contributed by atoms with Gasteiger partial charge in [0.1, 0.15) is 5.75 Å². The van der Waals surface area contributed by atoms with Crippen molar-refractivity contribution in [2.45, 2.75) is 19.8 Å². The third-order valence-electron chi connectivity index (χ3n) is 5.81. The number of benzene rings is 2. The second-order valence-corrected chi connectivity index (χ2v) is 8.19. The molecule has 6 heteroatoms. The molecule has 0 aliphatic carbocycles. The molecule has 6 nitrogen and oxygen atoms in total. The summed E-state index contributed by atoms with van der Waals surface area (Å²) in [4.78, 5) is 8.99. The summed E-state index contributed by atoms with van der Waals surface area (Å²) >= 11 is 0. The number of aliphatic hydroxyl groups is 3. The van der Waals surface area contributed by atoms with Gasteiger partial charge in [0.2, 0.25) is 0 Å². The van der Waals surface area contributed by atoms with E-state index in [-0.39, 0.29) is 19.8 Å². The van der Waals surface area contributed by atoms with Crippen LogP contribution in [0.3, 0.4) is 0 Å². The number of pyridine rings is 2. The Balaban J connectivity index is 1.53. The highest BCUT2D eigenvalue weighted by molar-refractivity contribution is 5.74. The fourth-order valence-corrected chi connectivity index (χ4v) is 3.84. The monoisotopic (exact) mass is 480 g/mol. The van der Waals surface area contributed by atoms with Gasteiger partial charge in [0.15, 0.2) is 0 Å². The summed E-state index contributed by atoms with van der Waals surface area (Å²) in [7, 11) is 1.59. The molecule has 0 radical (unpaired) electrons. The second kappa shape index (κ2) is 12.0. The minimum absolute atomic E-state index is 0.0860. The van der Waals surface area contributed by atoms with Gasteiger partial charge in [0.05, 0.1) is 38.3 Å². The molecule has 4 rings (SSSR count). The standard InChI is InChI=1S/C30H28N2O4/c1-36-30-9-7-22(15-27(30)20-35)3-5-24-11-13-32-29(17-24)28-16-23(10-12-31-28)4-2-21-6-8-25(18-33)26(14-21)19-34/h2-17,33-35H,18-20H2,1H3/b4-2+,5-3+. The van der Waals surface area contributed by atoms with Crippen LogP contribution in [0.15, 0.2) is 73.1 Å². The first kappa shape index (κ1) is 25.0. The first-order valence-corrected chi connectivity index (χ1v) is 11.5. The molecule has 0 amide bonds. The number of ether oxygens (including phenoxy) is 1. The summed E-state index contributed by atoms with van der Waals surface area (Å²) in [6, 6.07) is 19.1. The second-order valence-electron chi connectivity index (χ2n) is 8.19. The van der Waals surface area contributed by atoms with Gasteiger partial charge in [0.25, 0.3) is 0 Å². The summed E-state index contributed by atoms with van der Waals surface area (Å²) in [6.45, 7) is -0.301. The van der Waals surface area contributed by atoms with Crippen LogP contribution in [0.25, 0.3) is 35.7 Å². The maximum atomic E-state index is 9.55. The van der Waals surface area contributed by atoms with Crippen LogP contribution in [0.4, 0.5) is 0 Å². The molecular weight excluding hydrogens is 452 g/mol. The number of aromatic nitrogens is 2. The van der Waals surface area contributed by atoms with E-state index >= 15 is 0 Å². The zero-order chi connectivity index (χ0) is 25.3. The van der Waals surface area contributed by atoms with E-state index in [1.54, 1.807) is 19.5 Å². The molecule has 2 heterocycles. The van der Waals surface area contributed by atoms with Crippen molar-refractivity contribution in [1.29, 1.82) is 0 Å². The van der Waals surface area contributed by atoms with Gasteiger partial charge >= 0.3 is 0 Å². The summed E-state index contributed by atoms with van der Waals surface area (Å²) in [5.74, 6) is 0.664. The first-order valence-electron chi connectivity index (χ1n) is 11.5. The fourth-order valence-electron chi connectivity index (χ4n) is 3.84. The van der Waals surface area contributed by atoms with Crippen LogP contribution in [0.1, 0.15) is 38.9 Å². The van der Waals surface area contributed by atoms with E-state index in [2.05, 4.69) is 9.97 Å². The maximum Gasteiger partial charge on any atom is 0.124 e. The number of methoxy groups -OCH3 is 1. The highest BCUT2D eigenvalue weighted by atomic mass is 16.5. The van der Waals surface area contributed by atoms with Crippen molar-refractivity contribution in [2.24, 2.45) is 0 Å². The van der Waals surface area contributed by atoms with E-state index < -0.39 is 0 Å². The number of nitrogens with zero attached hydrogens (tertiary/aromatic N) is 2. The van der Waals surface area contributed by atoms with Gasteiger partial charge in [0, 0.05) is 18.0 Å². The van der Waals surface area contributed by atoms with E-state index in [1.165, 1.54) is 0 Å². The Morgan fingerprint density at radius 1 is 0.583 bits per heavy atom. The topological polar surface area (TPSA) is 95.7 Å². The Morgan fingerprint density at radius 2 is 1.06 bits per heavy atom. The van der Waals surface area contributed by atoms with Crippen molar-refractivity contribution >= 4 is 24.3 Å². The third-order valence-corrected chi connectivity index (χ3v) is 5.81. The smallest absolute Gasteiger partial charge is 0.124 e. The fraction of sp³-hybridized carbons (Fsp3) is 0.133. The van der Waals surface area contributed by atoms with E-state index in [4.69, 9.17) is 4.74 Å². The Kier molecular flexibility index (Phi) is 8.36. The van der Waals surface area contributed by atoms with Crippen molar-refractivity contribution in [2.75, 3.05) is 7.11 Å². The zero-order valence-corrected chi connectivity index (χ0v) is 20.0. The number of rotatable bonds is 9. The van der Waals surface area contributed by atoms with Crippen LogP contribution in [0.2, 0.25) is 0 Å². The average molecular weight is 481 g/mol. The molecule has 0 aliphatic heterocycles. The van der Waals surface area contributed by atoms with Crippen LogP contribution in [-0.4, -0.2) is 32.4 Å². The van der Waals surface area contributed by atoms with E-state index in [0.29, 0.717) is 11.3 Å². The predicted molar refractivity (Wildman–Crippen MR) is 143 cm³/mol. The molecular formula is C30H28N2O4. The molecule has 0 spiro atoms. The van der Waals surface area contributed by atoms with Crippen molar-refractivity contribution in [3.8, 4) is 17.1 Å². The highest BCUT2D eigenvalue weighted by Gasteiger charge is 2.05. The van der Waals surface area contributed by atoms with E-state index in [9.17, 15) is 15.3 Å². The minimum Gasteiger partial charge on any atom is -0.496 e. The van der Waals surface area contributed by atoms with Gasteiger partial charge in [-0.05, 0) is 75.8 Å². The minimum atomic E-state index is -0.117. The Morgan fingerprint density at radius 3 is 1.56 bits per heavy atom. The molecule has 36 heavy (non-hydrogen) atoms. The molecule has 2 aromatic heterocycles. The molecule has 0 saturated carbocycles. The largest absolute Gasteiger partial charge is 0.496 e. The number of aliphatic hydroxyl groups excluding tert-OH is 3. The quantitative estimate of drug-likeness (QED) is 0.313. The van der Waals surface area contributed by atoms with Gasteiger partial charge < -0.3 is 20.1 Å². The SMILES string of the molecule is COc1ccc(/C=C/c2ccnc(-c3cc(/C=C/c4ccc(CO)c(CO)c4)ccn3)c2)cc1CO. The molecule has 3 N–H and O–H groups in total. The normalized spacial score (nSPS) is 11.4. The summed E-state index contributed by atoms with van der Waals surface area (Å²) in [6.07, 6.45) is 11.4. The Bertz CT molecular complexity index is 1290. The lowest BCUT2D eigenvalue weighted by Crippen LogP contribution is -1.94. The van der Waals surface area contributed by atoms with Crippen LogP contribution < -0.4 is 4.74 Å². The van der Waals surface area contributed by atoms with Crippen molar-refractivity contribution in [1.82, 2.24) is 9.97 Å². The van der Waals surface area contributed by atoms with Crippen molar-refractivity contribution in [3.63, 3.8) is 0 Å². The lowest BCUT2D eigenvalue weighted by molar-refractivity contribution is 0.260. The molecule has 4 aromatic rings. The van der Waals surface area contributed by atoms with Gasteiger partial charge in [-0.3, -0.25) is 9.97 Å². The summed E-state index contributed by atoms with van der Waals surface area (Å²) in [5, 5.41) is 28.4. The molecule has 2 aromatic carbocycles. The summed E-state index contributed by atoms with van der Waals surface area (Å²) < 4.78 is 5.27. The molecule has 0 fully saturated rings. The van der Waals surface area contributed by atoms with E-state index in [0.717, 1.165) is 44.8 Å². The van der Waals surface area contributed by atoms with Crippen molar-refractivity contribution in [3.05, 3.63) is 112 Å². The predicted octanol–water partition coefficient (Wildman–Crippen LogP) is 4.97. The summed E-state index contributed by atoms with van der Waals surface area (Å²) in [5.41, 5.74) is 7.52. The zero-order valence-electron chi connectivity index (χ0n) is 20.0. The highest BCUT2D eigenvalue weighted by Crippen LogP contribution is 2.23. The van der Waals surface area contributed by atoms with Gasteiger partial charge in [-0.1, -0.05) is 42.5 Å². The first-order chi connectivity index (χ1) is 17.6. The van der Waals surface area contributed by atoms with Crippen LogP contribution in [-0.2, 0) is 19.8 Å². The maximum absolute atomic E-state index is 9.55. The molecule has 0 aliphatic rings. The molecule has 0 saturated heterocycles. The van der Waals surface area contributed by atoms with Gasteiger partial charge in [-0.2, -0.15) is 0 Å². The van der Waals surface area contributed by atoms with Crippen molar-refractivity contribution < 1.29 is 20.1 Å². The number of hydrogen-bond acceptors (Lipinski definition) is 6. The van der Waals surface area contributed by atoms with E-state index in [1.807, 2.05) is 85.0 Å². The molecule has 0 bridgehead atoms. The molecule has 0 unspecified atom stereocenters. The lowest BCUT2D eigenvalue weighted by Gasteiger charge is -2.07. The average Bonchev–Trinajstić information content (AvgIpc) is 2.94. The van der Waals surface area contributed by atoms with Gasteiger partial charge in [-0.25, -0.2) is 0 Å². The molecule has 0 atom stereocenters. The third kappa shape index (κ3) is 6.12. The molecule has 182 valence electrons. The van der Waals surface area contributed by atoms with Crippen LogP contribution >= 0.6 is 0 Å². The van der Waals surface area contributed by atoms with Gasteiger partial charge in [-0.15, -0.1) is 0 Å². The Labute approximate surface area is 210 Å². The number of hydrogen-bond donors (Lipinski definition) is 3. The Hall–Kier alpha value is -4.10.